The van der Waals surface area contributed by atoms with Gasteiger partial charge in [0.1, 0.15) is 5.76 Å². The topological polar surface area (TPSA) is 89.4 Å². The van der Waals surface area contributed by atoms with Gasteiger partial charge < -0.3 is 13.9 Å². The fourth-order valence-electron chi connectivity index (χ4n) is 1.84. The summed E-state index contributed by atoms with van der Waals surface area (Å²) in [7, 11) is 0. The minimum Gasteiger partial charge on any atom is -0.478 e. The Morgan fingerprint density at radius 3 is 2.50 bits per heavy atom. The second-order valence-corrected chi connectivity index (χ2v) is 4.17. The van der Waals surface area contributed by atoms with E-state index in [2.05, 4.69) is 10.2 Å². The minimum atomic E-state index is -1.05. The lowest BCUT2D eigenvalue weighted by molar-refractivity contribution is 0.0697. The number of benzene rings is 1. The Balaban J connectivity index is 2.05. The normalized spacial score (nSPS) is 10.7. The van der Waals surface area contributed by atoms with E-state index in [1.165, 1.54) is 6.07 Å². The van der Waals surface area contributed by atoms with Crippen molar-refractivity contribution in [3.63, 3.8) is 0 Å². The maximum Gasteiger partial charge on any atom is 0.336 e. The largest absolute Gasteiger partial charge is 0.478 e. The Hall–Kier alpha value is -2.89. The average molecular weight is 270 g/mol. The molecular formula is C14H10N2O4. The van der Waals surface area contributed by atoms with E-state index in [1.807, 2.05) is 0 Å². The molecule has 0 aliphatic carbocycles. The van der Waals surface area contributed by atoms with Gasteiger partial charge in [-0.05, 0) is 31.2 Å². The summed E-state index contributed by atoms with van der Waals surface area (Å²) in [6, 6.07) is 9.95. The quantitative estimate of drug-likeness (QED) is 0.786. The molecule has 3 rings (SSSR count). The number of aromatic carboxylic acids is 1. The van der Waals surface area contributed by atoms with Crippen LogP contribution in [-0.4, -0.2) is 21.3 Å². The van der Waals surface area contributed by atoms with Crippen LogP contribution in [0.3, 0.4) is 0 Å². The molecular weight excluding hydrogens is 260 g/mol. The van der Waals surface area contributed by atoms with Gasteiger partial charge in [0.2, 0.25) is 5.89 Å². The third kappa shape index (κ3) is 2.07. The number of aromatic nitrogens is 2. The molecule has 1 N–H and O–H groups in total. The summed E-state index contributed by atoms with van der Waals surface area (Å²) in [5.74, 6) is 0.495. The summed E-state index contributed by atoms with van der Waals surface area (Å²) in [4.78, 5) is 11.2. The number of carboxylic acid groups (broad SMARTS) is 1. The first kappa shape index (κ1) is 12.2. The van der Waals surface area contributed by atoms with Crippen LogP contribution in [0.1, 0.15) is 16.1 Å². The predicted octanol–water partition coefficient (Wildman–Crippen LogP) is 3.00. The highest BCUT2D eigenvalue weighted by Crippen LogP contribution is 2.27. The number of aryl methyl sites for hydroxylation is 1. The van der Waals surface area contributed by atoms with Gasteiger partial charge in [0, 0.05) is 0 Å². The zero-order valence-corrected chi connectivity index (χ0v) is 10.5. The molecule has 0 spiro atoms. The van der Waals surface area contributed by atoms with Crippen molar-refractivity contribution >= 4 is 5.97 Å². The van der Waals surface area contributed by atoms with Crippen LogP contribution in [0.25, 0.3) is 23.1 Å². The Morgan fingerprint density at radius 1 is 1.05 bits per heavy atom. The van der Waals surface area contributed by atoms with Crippen LogP contribution < -0.4 is 0 Å². The van der Waals surface area contributed by atoms with E-state index in [1.54, 1.807) is 37.3 Å². The maximum atomic E-state index is 11.2. The lowest BCUT2D eigenvalue weighted by Gasteiger charge is -1.99. The second kappa shape index (κ2) is 4.65. The molecule has 0 bridgehead atoms. The molecule has 6 heteroatoms. The molecule has 2 heterocycles. The lowest BCUT2D eigenvalue weighted by Crippen LogP contribution is -1.98. The number of carboxylic acids is 1. The van der Waals surface area contributed by atoms with Gasteiger partial charge in [0.25, 0.3) is 5.89 Å². The van der Waals surface area contributed by atoms with Crippen LogP contribution in [-0.2, 0) is 0 Å². The highest BCUT2D eigenvalue weighted by molar-refractivity contribution is 5.94. The van der Waals surface area contributed by atoms with Crippen molar-refractivity contribution in [2.45, 2.75) is 6.92 Å². The third-order valence-electron chi connectivity index (χ3n) is 2.76. The van der Waals surface area contributed by atoms with Crippen LogP contribution in [0.2, 0.25) is 0 Å². The first-order valence-electron chi connectivity index (χ1n) is 5.88. The number of nitrogens with zero attached hydrogens (tertiary/aromatic N) is 2. The summed E-state index contributed by atoms with van der Waals surface area (Å²) in [5.41, 5.74) is 0.486. The molecule has 0 saturated heterocycles. The molecule has 0 radical (unpaired) electrons. The number of hydrogen-bond acceptors (Lipinski definition) is 5. The molecule has 0 saturated carbocycles. The van der Waals surface area contributed by atoms with Crippen LogP contribution >= 0.6 is 0 Å². The van der Waals surface area contributed by atoms with E-state index in [0.29, 0.717) is 11.3 Å². The minimum absolute atomic E-state index is 0.110. The SMILES string of the molecule is Cc1ccc(-c2nnc(-c3ccccc3C(=O)O)o2)o1. The van der Waals surface area contributed by atoms with Crippen LogP contribution in [0, 0.1) is 6.92 Å². The lowest BCUT2D eigenvalue weighted by atomic mass is 10.1. The van der Waals surface area contributed by atoms with E-state index in [4.69, 9.17) is 13.9 Å². The molecule has 0 unspecified atom stereocenters. The van der Waals surface area contributed by atoms with Crippen molar-refractivity contribution in [2.75, 3.05) is 0 Å². The molecule has 3 aromatic rings. The maximum absolute atomic E-state index is 11.2. The van der Waals surface area contributed by atoms with Crippen LogP contribution in [0.5, 0.6) is 0 Å². The van der Waals surface area contributed by atoms with E-state index >= 15 is 0 Å². The predicted molar refractivity (Wildman–Crippen MR) is 69.1 cm³/mol. The van der Waals surface area contributed by atoms with Gasteiger partial charge in [-0.1, -0.05) is 12.1 Å². The van der Waals surface area contributed by atoms with Crippen molar-refractivity contribution < 1.29 is 18.7 Å². The first-order valence-corrected chi connectivity index (χ1v) is 5.88. The Labute approximate surface area is 113 Å². The zero-order valence-electron chi connectivity index (χ0n) is 10.5. The smallest absolute Gasteiger partial charge is 0.336 e. The molecule has 100 valence electrons. The Morgan fingerprint density at radius 2 is 1.80 bits per heavy atom. The molecule has 0 aliphatic rings. The van der Waals surface area contributed by atoms with E-state index in [-0.39, 0.29) is 17.3 Å². The van der Waals surface area contributed by atoms with Crippen molar-refractivity contribution in [2.24, 2.45) is 0 Å². The van der Waals surface area contributed by atoms with E-state index in [0.717, 1.165) is 5.76 Å². The molecule has 0 atom stereocenters. The molecule has 2 aromatic heterocycles. The molecule has 20 heavy (non-hydrogen) atoms. The Kier molecular flexibility index (Phi) is 2.83. The van der Waals surface area contributed by atoms with Gasteiger partial charge in [-0.2, -0.15) is 0 Å². The molecule has 1 aromatic carbocycles. The van der Waals surface area contributed by atoms with Crippen molar-refractivity contribution in [3.05, 3.63) is 47.7 Å². The highest BCUT2D eigenvalue weighted by atomic mass is 16.4. The van der Waals surface area contributed by atoms with E-state index < -0.39 is 5.97 Å². The standard InChI is InChI=1S/C14H10N2O4/c1-8-6-7-11(19-8)13-16-15-12(20-13)9-4-2-3-5-10(9)14(17)18/h2-7H,1H3,(H,17,18). The van der Waals surface area contributed by atoms with Gasteiger partial charge in [0.05, 0.1) is 11.1 Å². The first-order chi connectivity index (χ1) is 9.65. The van der Waals surface area contributed by atoms with E-state index in [9.17, 15) is 4.79 Å². The number of furan rings is 1. The summed E-state index contributed by atoms with van der Waals surface area (Å²) in [5, 5.41) is 16.9. The molecule has 0 fully saturated rings. The summed E-state index contributed by atoms with van der Waals surface area (Å²) >= 11 is 0. The second-order valence-electron chi connectivity index (χ2n) is 4.17. The summed E-state index contributed by atoms with van der Waals surface area (Å²) < 4.78 is 10.9. The fraction of sp³-hybridized carbons (Fsp3) is 0.0714. The fourth-order valence-corrected chi connectivity index (χ4v) is 1.84. The third-order valence-corrected chi connectivity index (χ3v) is 2.76. The molecule has 0 aliphatic heterocycles. The monoisotopic (exact) mass is 270 g/mol. The zero-order chi connectivity index (χ0) is 14.1. The van der Waals surface area contributed by atoms with Crippen molar-refractivity contribution in [1.29, 1.82) is 0 Å². The Bertz CT molecular complexity index is 773. The number of hydrogen-bond donors (Lipinski definition) is 1. The van der Waals surface area contributed by atoms with Crippen LogP contribution in [0.4, 0.5) is 0 Å². The van der Waals surface area contributed by atoms with Gasteiger partial charge in [-0.25, -0.2) is 4.79 Å². The number of rotatable bonds is 3. The van der Waals surface area contributed by atoms with Gasteiger partial charge in [-0.3, -0.25) is 0 Å². The van der Waals surface area contributed by atoms with Crippen LogP contribution in [0.15, 0.2) is 45.2 Å². The number of carbonyl (C=O) groups is 1. The van der Waals surface area contributed by atoms with Crippen molar-refractivity contribution in [1.82, 2.24) is 10.2 Å². The highest BCUT2D eigenvalue weighted by Gasteiger charge is 2.18. The summed E-state index contributed by atoms with van der Waals surface area (Å²) in [6.07, 6.45) is 0. The average Bonchev–Trinajstić information content (AvgIpc) is 3.07. The molecule has 0 amide bonds. The van der Waals surface area contributed by atoms with Gasteiger partial charge in [0.15, 0.2) is 5.76 Å². The van der Waals surface area contributed by atoms with Crippen molar-refractivity contribution in [3.8, 4) is 23.1 Å². The van der Waals surface area contributed by atoms with Gasteiger partial charge >= 0.3 is 5.97 Å². The molecule has 6 nitrogen and oxygen atoms in total. The summed E-state index contributed by atoms with van der Waals surface area (Å²) in [6.45, 7) is 1.81. The van der Waals surface area contributed by atoms with Gasteiger partial charge in [-0.15, -0.1) is 10.2 Å².